The lowest BCUT2D eigenvalue weighted by molar-refractivity contribution is 0.878. The number of aromatic nitrogens is 7. The van der Waals surface area contributed by atoms with E-state index in [-0.39, 0.29) is 5.69 Å². The molecule has 0 spiro atoms. The van der Waals surface area contributed by atoms with Crippen LogP contribution in [-0.2, 0) is 0 Å². The number of H-pyrrole nitrogens is 2. The number of aromatic amines is 2. The molecule has 0 amide bonds. The van der Waals surface area contributed by atoms with Crippen molar-refractivity contribution in [2.75, 3.05) is 0 Å². The second-order valence-corrected chi connectivity index (χ2v) is 2.45. The van der Waals surface area contributed by atoms with E-state index in [1.807, 2.05) is 0 Å². The van der Waals surface area contributed by atoms with Gasteiger partial charge in [0.2, 0.25) is 0 Å². The van der Waals surface area contributed by atoms with Gasteiger partial charge in [-0.2, -0.15) is 19.9 Å². The van der Waals surface area contributed by atoms with Crippen molar-refractivity contribution in [2.45, 2.75) is 0 Å². The summed E-state index contributed by atoms with van der Waals surface area (Å²) < 4.78 is 1.13. The van der Waals surface area contributed by atoms with E-state index in [1.54, 1.807) is 0 Å². The maximum atomic E-state index is 11.3. The molecule has 13 heavy (non-hydrogen) atoms. The lowest BCUT2D eigenvalue weighted by Crippen LogP contribution is -2.17. The van der Waals surface area contributed by atoms with E-state index in [1.165, 1.54) is 6.33 Å². The monoisotopic (exact) mass is 177 g/mol. The third kappa shape index (κ3) is 0.662. The Morgan fingerprint density at radius 2 is 2.31 bits per heavy atom. The first kappa shape index (κ1) is 6.29. The van der Waals surface area contributed by atoms with E-state index in [0.717, 1.165) is 4.52 Å². The lowest BCUT2D eigenvalue weighted by atomic mass is 10.5. The summed E-state index contributed by atoms with van der Waals surface area (Å²) in [6.07, 6.45) is 1.29. The molecule has 0 radical (unpaired) electrons. The predicted molar refractivity (Wildman–Crippen MR) is 41.1 cm³/mol. The molecule has 0 fully saturated rings. The summed E-state index contributed by atoms with van der Waals surface area (Å²) in [6.45, 7) is 0. The van der Waals surface area contributed by atoms with Crippen LogP contribution in [0.3, 0.4) is 0 Å². The predicted octanol–water partition coefficient (Wildman–Crippen LogP) is -1.31. The van der Waals surface area contributed by atoms with E-state index >= 15 is 0 Å². The Balaban J connectivity index is 2.79. The van der Waals surface area contributed by atoms with Crippen LogP contribution in [0.15, 0.2) is 11.1 Å². The smallest absolute Gasteiger partial charge is 0.287 e. The van der Waals surface area contributed by atoms with E-state index < -0.39 is 0 Å². The van der Waals surface area contributed by atoms with Crippen molar-refractivity contribution in [1.29, 1.82) is 0 Å². The van der Waals surface area contributed by atoms with Crippen molar-refractivity contribution >= 4 is 16.8 Å². The topological polar surface area (TPSA) is 105 Å². The number of nitrogens with one attached hydrogen (secondary N) is 2. The summed E-state index contributed by atoms with van der Waals surface area (Å²) in [5.41, 5.74) is 0.893. The first-order chi connectivity index (χ1) is 6.36. The standard InChI is InChI=1S/C5H3N7O/c13-5-8-3-2(9-11-10-3)4-6-1-7-12(4)5/h1H,(H2,8,9,10,11,13). The van der Waals surface area contributed by atoms with Crippen molar-refractivity contribution in [3.05, 3.63) is 16.8 Å². The van der Waals surface area contributed by atoms with Crippen LogP contribution in [0, 0.1) is 0 Å². The molecule has 0 unspecified atom stereocenters. The molecular weight excluding hydrogens is 174 g/mol. The zero-order valence-corrected chi connectivity index (χ0v) is 6.22. The van der Waals surface area contributed by atoms with Gasteiger partial charge in [-0.3, -0.25) is 4.98 Å². The molecule has 3 aromatic heterocycles. The SMILES string of the molecule is O=c1[nH]c2n[nH]nc2c2ncnn12. The molecule has 0 aromatic carbocycles. The molecule has 8 nitrogen and oxygen atoms in total. The maximum absolute atomic E-state index is 11.3. The minimum atomic E-state index is -0.381. The van der Waals surface area contributed by atoms with Gasteiger partial charge in [0.25, 0.3) is 0 Å². The van der Waals surface area contributed by atoms with Gasteiger partial charge in [-0.25, -0.2) is 9.78 Å². The molecule has 2 N–H and O–H groups in total. The average Bonchev–Trinajstić information content (AvgIpc) is 2.66. The highest BCUT2D eigenvalue weighted by Crippen LogP contribution is 2.05. The zero-order valence-electron chi connectivity index (χ0n) is 6.22. The number of fused-ring (bicyclic) bond motifs is 3. The molecule has 0 aliphatic carbocycles. The largest absolute Gasteiger partial charge is 0.349 e. The number of rotatable bonds is 0. The molecule has 64 valence electrons. The maximum Gasteiger partial charge on any atom is 0.349 e. The van der Waals surface area contributed by atoms with E-state index in [9.17, 15) is 4.79 Å². The Morgan fingerprint density at radius 3 is 3.23 bits per heavy atom. The van der Waals surface area contributed by atoms with Crippen molar-refractivity contribution in [3.63, 3.8) is 0 Å². The highest BCUT2D eigenvalue weighted by atomic mass is 16.1. The van der Waals surface area contributed by atoms with Crippen LogP contribution in [0.4, 0.5) is 0 Å². The molecule has 0 saturated carbocycles. The highest BCUT2D eigenvalue weighted by molar-refractivity contribution is 5.83. The molecule has 0 atom stereocenters. The van der Waals surface area contributed by atoms with Gasteiger partial charge < -0.3 is 0 Å². The minimum absolute atomic E-state index is 0.380. The molecule has 3 rings (SSSR count). The van der Waals surface area contributed by atoms with Crippen LogP contribution in [0.5, 0.6) is 0 Å². The van der Waals surface area contributed by atoms with Crippen LogP contribution in [0.25, 0.3) is 16.8 Å². The molecule has 3 heterocycles. The Hall–Kier alpha value is -2.25. The first-order valence-electron chi connectivity index (χ1n) is 3.49. The second-order valence-electron chi connectivity index (χ2n) is 2.45. The average molecular weight is 177 g/mol. The summed E-state index contributed by atoms with van der Waals surface area (Å²) in [6, 6.07) is 0. The third-order valence-electron chi connectivity index (χ3n) is 1.73. The Labute approximate surface area is 69.6 Å². The van der Waals surface area contributed by atoms with Gasteiger partial charge in [-0.05, 0) is 0 Å². The summed E-state index contributed by atoms with van der Waals surface area (Å²) >= 11 is 0. The minimum Gasteiger partial charge on any atom is -0.287 e. The fourth-order valence-corrected chi connectivity index (χ4v) is 1.18. The normalized spacial score (nSPS) is 11.4. The fourth-order valence-electron chi connectivity index (χ4n) is 1.18. The summed E-state index contributed by atoms with van der Waals surface area (Å²) in [7, 11) is 0. The zero-order chi connectivity index (χ0) is 8.84. The van der Waals surface area contributed by atoms with Crippen molar-refractivity contribution in [2.24, 2.45) is 0 Å². The van der Waals surface area contributed by atoms with Gasteiger partial charge in [-0.1, -0.05) is 0 Å². The highest BCUT2D eigenvalue weighted by Gasteiger charge is 2.08. The number of nitrogens with zero attached hydrogens (tertiary/aromatic N) is 5. The van der Waals surface area contributed by atoms with Gasteiger partial charge >= 0.3 is 5.69 Å². The quantitative estimate of drug-likeness (QED) is 0.443. The van der Waals surface area contributed by atoms with Crippen LogP contribution in [-0.4, -0.2) is 35.0 Å². The fraction of sp³-hybridized carbons (Fsp3) is 0. The van der Waals surface area contributed by atoms with Crippen LogP contribution < -0.4 is 5.69 Å². The van der Waals surface area contributed by atoms with E-state index in [4.69, 9.17) is 0 Å². The molecule has 0 aliphatic heterocycles. The second kappa shape index (κ2) is 1.91. The molecule has 0 bridgehead atoms. The molecule has 8 heteroatoms. The van der Waals surface area contributed by atoms with E-state index in [2.05, 4.69) is 30.5 Å². The van der Waals surface area contributed by atoms with Crippen LogP contribution in [0.2, 0.25) is 0 Å². The first-order valence-corrected chi connectivity index (χ1v) is 3.49. The third-order valence-corrected chi connectivity index (χ3v) is 1.73. The molecule has 0 aliphatic rings. The van der Waals surface area contributed by atoms with Crippen molar-refractivity contribution in [1.82, 2.24) is 35.0 Å². The molecular formula is C5H3N7O. The van der Waals surface area contributed by atoms with Gasteiger partial charge in [0, 0.05) is 0 Å². The Kier molecular flexibility index (Phi) is 0.925. The summed E-state index contributed by atoms with van der Waals surface area (Å²) in [5.74, 6) is 0. The van der Waals surface area contributed by atoms with Crippen molar-refractivity contribution < 1.29 is 0 Å². The van der Waals surface area contributed by atoms with Gasteiger partial charge in [0.15, 0.2) is 16.8 Å². The van der Waals surface area contributed by atoms with Crippen LogP contribution in [0.1, 0.15) is 0 Å². The summed E-state index contributed by atoms with van der Waals surface area (Å²) in [4.78, 5) is 17.7. The number of hydrogen-bond acceptors (Lipinski definition) is 5. The van der Waals surface area contributed by atoms with E-state index in [0.29, 0.717) is 16.8 Å². The molecule has 3 aromatic rings. The number of hydrogen-bond donors (Lipinski definition) is 2. The lowest BCUT2D eigenvalue weighted by Gasteiger charge is -1.88. The van der Waals surface area contributed by atoms with Crippen LogP contribution >= 0.6 is 0 Å². The Morgan fingerprint density at radius 1 is 1.38 bits per heavy atom. The van der Waals surface area contributed by atoms with Gasteiger partial charge in [0.1, 0.15) is 6.33 Å². The molecule has 0 saturated heterocycles. The van der Waals surface area contributed by atoms with Gasteiger partial charge in [-0.15, -0.1) is 5.10 Å². The summed E-state index contributed by atoms with van der Waals surface area (Å²) in [5, 5.41) is 13.7. The van der Waals surface area contributed by atoms with Crippen molar-refractivity contribution in [3.8, 4) is 0 Å². The van der Waals surface area contributed by atoms with Gasteiger partial charge in [0.05, 0.1) is 0 Å². The Bertz CT molecular complexity index is 631.